The van der Waals surface area contributed by atoms with E-state index in [0.29, 0.717) is 25.9 Å². The zero-order valence-corrected chi connectivity index (χ0v) is 16.7. The molecule has 1 aliphatic heterocycles. The molecule has 2 N–H and O–H groups in total. The molecule has 3 rings (SSSR count). The van der Waals surface area contributed by atoms with Gasteiger partial charge in [-0.25, -0.2) is 9.78 Å². The molecule has 2 amide bonds. The summed E-state index contributed by atoms with van der Waals surface area (Å²) in [5, 5.41) is 13.1. The standard InChI is InChI=1S/C20H25N3O3S/c1-12-4-6-15(7-5-12)18-21-13(2)17(27-18)14(3)22-20(26)23-10-8-16(9-11-23)19(24)25/h4-7,14,16H,8-11H2,1-3H3,(H,22,26)(H,24,25). The summed E-state index contributed by atoms with van der Waals surface area (Å²) < 4.78 is 0. The third-order valence-corrected chi connectivity index (χ3v) is 6.38. The van der Waals surface area contributed by atoms with Gasteiger partial charge in [-0.2, -0.15) is 0 Å². The third kappa shape index (κ3) is 4.47. The number of benzene rings is 1. The molecule has 6 nitrogen and oxygen atoms in total. The summed E-state index contributed by atoms with van der Waals surface area (Å²) in [6.45, 7) is 6.93. The van der Waals surface area contributed by atoms with Gasteiger partial charge in [0.25, 0.3) is 0 Å². The number of aryl methyl sites for hydroxylation is 2. The van der Waals surface area contributed by atoms with Gasteiger partial charge in [0, 0.05) is 18.7 Å². The van der Waals surface area contributed by atoms with E-state index in [0.717, 1.165) is 21.1 Å². The van der Waals surface area contributed by atoms with Crippen LogP contribution in [0.2, 0.25) is 0 Å². The number of hydrogen-bond donors (Lipinski definition) is 2. The van der Waals surface area contributed by atoms with Gasteiger partial charge < -0.3 is 15.3 Å². The molecule has 1 aliphatic rings. The van der Waals surface area contributed by atoms with Crippen molar-refractivity contribution in [2.45, 2.75) is 39.7 Å². The summed E-state index contributed by atoms with van der Waals surface area (Å²) >= 11 is 1.60. The van der Waals surface area contributed by atoms with E-state index in [1.807, 2.05) is 13.8 Å². The Balaban J connectivity index is 1.64. The molecule has 0 aliphatic carbocycles. The van der Waals surface area contributed by atoms with E-state index in [1.165, 1.54) is 5.56 Å². The van der Waals surface area contributed by atoms with Crippen LogP contribution in [0.1, 0.15) is 41.9 Å². The van der Waals surface area contributed by atoms with Crippen molar-refractivity contribution in [3.63, 3.8) is 0 Å². The molecule has 1 fully saturated rings. The number of nitrogens with zero attached hydrogens (tertiary/aromatic N) is 2. The molecule has 1 saturated heterocycles. The number of rotatable bonds is 4. The van der Waals surface area contributed by atoms with Gasteiger partial charge in [0.05, 0.1) is 22.5 Å². The zero-order valence-electron chi connectivity index (χ0n) is 15.9. The van der Waals surface area contributed by atoms with Crippen LogP contribution in [-0.4, -0.2) is 40.1 Å². The number of hydrogen-bond acceptors (Lipinski definition) is 4. The van der Waals surface area contributed by atoms with Crippen LogP contribution >= 0.6 is 11.3 Å². The van der Waals surface area contributed by atoms with Gasteiger partial charge in [0.1, 0.15) is 5.01 Å². The quantitative estimate of drug-likeness (QED) is 0.831. The largest absolute Gasteiger partial charge is 0.481 e. The van der Waals surface area contributed by atoms with Crippen LogP contribution in [0, 0.1) is 19.8 Å². The lowest BCUT2D eigenvalue weighted by Gasteiger charge is -2.31. The van der Waals surface area contributed by atoms with E-state index in [4.69, 9.17) is 5.11 Å². The minimum atomic E-state index is -0.771. The number of thiazole rings is 1. The van der Waals surface area contributed by atoms with E-state index in [2.05, 4.69) is 41.5 Å². The molecule has 0 bridgehead atoms. The Morgan fingerprint density at radius 2 is 1.85 bits per heavy atom. The average Bonchev–Trinajstić information content (AvgIpc) is 3.04. The van der Waals surface area contributed by atoms with Crippen molar-refractivity contribution in [2.24, 2.45) is 5.92 Å². The van der Waals surface area contributed by atoms with E-state index in [9.17, 15) is 9.59 Å². The van der Waals surface area contributed by atoms with E-state index in [1.54, 1.807) is 16.2 Å². The van der Waals surface area contributed by atoms with Crippen LogP contribution < -0.4 is 5.32 Å². The van der Waals surface area contributed by atoms with Crippen LogP contribution in [0.25, 0.3) is 10.6 Å². The maximum absolute atomic E-state index is 12.5. The number of amides is 2. The van der Waals surface area contributed by atoms with Crippen molar-refractivity contribution in [3.05, 3.63) is 40.4 Å². The lowest BCUT2D eigenvalue weighted by atomic mass is 9.97. The second-order valence-corrected chi connectivity index (χ2v) is 8.14. The molecule has 1 aromatic heterocycles. The van der Waals surface area contributed by atoms with Gasteiger partial charge in [0.15, 0.2) is 0 Å². The van der Waals surface area contributed by atoms with Crippen molar-refractivity contribution in [1.82, 2.24) is 15.2 Å². The fourth-order valence-electron chi connectivity index (χ4n) is 3.30. The Morgan fingerprint density at radius 1 is 1.22 bits per heavy atom. The van der Waals surface area contributed by atoms with Crippen molar-refractivity contribution < 1.29 is 14.7 Å². The van der Waals surface area contributed by atoms with Crippen LogP contribution in [-0.2, 0) is 4.79 Å². The molecular formula is C20H25N3O3S. The first-order chi connectivity index (χ1) is 12.8. The van der Waals surface area contributed by atoms with Crippen LogP contribution in [0.5, 0.6) is 0 Å². The van der Waals surface area contributed by atoms with E-state index >= 15 is 0 Å². The molecule has 2 aromatic rings. The Morgan fingerprint density at radius 3 is 2.44 bits per heavy atom. The van der Waals surface area contributed by atoms with Gasteiger partial charge in [-0.15, -0.1) is 11.3 Å². The number of likely N-dealkylation sites (tertiary alicyclic amines) is 1. The minimum absolute atomic E-state index is 0.143. The number of carboxylic acids is 1. The minimum Gasteiger partial charge on any atom is -0.481 e. The summed E-state index contributed by atoms with van der Waals surface area (Å²) in [4.78, 5) is 31.0. The number of carboxylic acid groups (broad SMARTS) is 1. The Kier molecular flexibility index (Phi) is 5.79. The first-order valence-electron chi connectivity index (χ1n) is 9.17. The van der Waals surface area contributed by atoms with Crippen LogP contribution in [0.3, 0.4) is 0 Å². The topological polar surface area (TPSA) is 82.5 Å². The third-order valence-electron chi connectivity index (χ3n) is 5.00. The van der Waals surface area contributed by atoms with Gasteiger partial charge in [-0.05, 0) is 33.6 Å². The molecule has 0 saturated carbocycles. The maximum Gasteiger partial charge on any atom is 0.317 e. The smallest absolute Gasteiger partial charge is 0.317 e. The van der Waals surface area contributed by atoms with Gasteiger partial charge in [-0.3, -0.25) is 4.79 Å². The van der Waals surface area contributed by atoms with Gasteiger partial charge in [0.2, 0.25) is 0 Å². The summed E-state index contributed by atoms with van der Waals surface area (Å²) in [5.74, 6) is -1.11. The monoisotopic (exact) mass is 387 g/mol. The highest BCUT2D eigenvalue weighted by Crippen LogP contribution is 2.32. The fourth-order valence-corrected chi connectivity index (χ4v) is 4.38. The van der Waals surface area contributed by atoms with Crippen molar-refractivity contribution in [2.75, 3.05) is 13.1 Å². The second-order valence-electron chi connectivity index (χ2n) is 7.11. The van der Waals surface area contributed by atoms with Gasteiger partial charge in [-0.1, -0.05) is 29.8 Å². The molecule has 0 radical (unpaired) electrons. The predicted octanol–water partition coefficient (Wildman–Crippen LogP) is 3.99. The van der Waals surface area contributed by atoms with Crippen LogP contribution in [0.15, 0.2) is 24.3 Å². The lowest BCUT2D eigenvalue weighted by Crippen LogP contribution is -2.46. The number of aromatic nitrogens is 1. The fraction of sp³-hybridized carbons (Fsp3) is 0.450. The maximum atomic E-state index is 12.5. The molecule has 1 atom stereocenters. The lowest BCUT2D eigenvalue weighted by molar-refractivity contribution is -0.143. The van der Waals surface area contributed by atoms with Gasteiger partial charge >= 0.3 is 12.0 Å². The highest BCUT2D eigenvalue weighted by Gasteiger charge is 2.28. The Labute approximate surface area is 163 Å². The first kappa shape index (κ1) is 19.4. The highest BCUT2D eigenvalue weighted by molar-refractivity contribution is 7.15. The molecule has 7 heteroatoms. The molecule has 0 spiro atoms. The number of carbonyl (C=O) groups excluding carboxylic acids is 1. The second kappa shape index (κ2) is 8.08. The highest BCUT2D eigenvalue weighted by atomic mass is 32.1. The molecular weight excluding hydrogens is 362 g/mol. The Hall–Kier alpha value is -2.41. The van der Waals surface area contributed by atoms with Crippen molar-refractivity contribution in [3.8, 4) is 10.6 Å². The average molecular weight is 388 g/mol. The number of carbonyl (C=O) groups is 2. The van der Waals surface area contributed by atoms with Crippen molar-refractivity contribution >= 4 is 23.3 Å². The first-order valence-corrected chi connectivity index (χ1v) is 9.99. The number of piperidine rings is 1. The van der Waals surface area contributed by atoms with E-state index in [-0.39, 0.29) is 18.0 Å². The zero-order chi connectivity index (χ0) is 19.6. The number of nitrogens with one attached hydrogen (secondary N) is 1. The molecule has 2 heterocycles. The molecule has 1 aromatic carbocycles. The van der Waals surface area contributed by atoms with E-state index < -0.39 is 5.97 Å². The number of aliphatic carboxylic acids is 1. The summed E-state index contributed by atoms with van der Waals surface area (Å²) in [5.41, 5.74) is 3.21. The molecule has 144 valence electrons. The summed E-state index contributed by atoms with van der Waals surface area (Å²) in [6, 6.07) is 7.97. The number of urea groups is 1. The summed E-state index contributed by atoms with van der Waals surface area (Å²) in [6.07, 6.45) is 1.02. The summed E-state index contributed by atoms with van der Waals surface area (Å²) in [7, 11) is 0. The normalized spacial score (nSPS) is 16.2. The van der Waals surface area contributed by atoms with Crippen molar-refractivity contribution in [1.29, 1.82) is 0 Å². The predicted molar refractivity (Wildman–Crippen MR) is 106 cm³/mol. The van der Waals surface area contributed by atoms with Crippen LogP contribution in [0.4, 0.5) is 4.79 Å². The SMILES string of the molecule is Cc1ccc(-c2nc(C)c(C(C)NC(=O)N3CCC(C(=O)O)CC3)s2)cc1. The molecule has 27 heavy (non-hydrogen) atoms. The Bertz CT molecular complexity index is 823. The molecule has 1 unspecified atom stereocenters.